The molecule has 1 atom stereocenters. The summed E-state index contributed by atoms with van der Waals surface area (Å²) in [4.78, 5) is 14.2. The summed E-state index contributed by atoms with van der Waals surface area (Å²) < 4.78 is 11.1. The summed E-state index contributed by atoms with van der Waals surface area (Å²) in [5.41, 5.74) is 7.86. The van der Waals surface area contributed by atoms with Crippen LogP contribution in [0.1, 0.15) is 18.1 Å². The van der Waals surface area contributed by atoms with E-state index in [9.17, 15) is 4.79 Å². The van der Waals surface area contributed by atoms with Crippen molar-refractivity contribution in [1.82, 2.24) is 4.90 Å². The molecule has 0 aliphatic carbocycles. The molecule has 116 valence electrons. The molecule has 1 aromatic rings. The van der Waals surface area contributed by atoms with E-state index in [1.165, 1.54) is 0 Å². The highest BCUT2D eigenvalue weighted by Gasteiger charge is 2.24. The lowest BCUT2D eigenvalue weighted by Gasteiger charge is -2.29. The molecule has 0 saturated carbocycles. The monoisotopic (exact) mass is 292 g/mol. The molecule has 1 aliphatic rings. The largest absolute Gasteiger partial charge is 0.481 e. The lowest BCUT2D eigenvalue weighted by atomic mass is 10.1. The number of benzene rings is 1. The van der Waals surface area contributed by atoms with Crippen molar-refractivity contribution in [2.24, 2.45) is 5.73 Å². The Labute approximate surface area is 126 Å². The normalized spacial score (nSPS) is 16.6. The van der Waals surface area contributed by atoms with E-state index in [-0.39, 0.29) is 5.91 Å². The Morgan fingerprint density at radius 1 is 1.43 bits per heavy atom. The van der Waals surface area contributed by atoms with Gasteiger partial charge >= 0.3 is 0 Å². The van der Waals surface area contributed by atoms with Gasteiger partial charge in [0.05, 0.1) is 13.2 Å². The van der Waals surface area contributed by atoms with Gasteiger partial charge in [0.2, 0.25) is 0 Å². The van der Waals surface area contributed by atoms with E-state index in [1.807, 2.05) is 19.1 Å². The number of nitrogens with zero attached hydrogens (tertiary/aromatic N) is 1. The van der Waals surface area contributed by atoms with Crippen molar-refractivity contribution in [1.29, 1.82) is 0 Å². The Hall–Kier alpha value is -1.59. The van der Waals surface area contributed by atoms with Gasteiger partial charge < -0.3 is 20.1 Å². The molecule has 1 aromatic carbocycles. The Morgan fingerprint density at radius 2 is 2.14 bits per heavy atom. The molecule has 1 fully saturated rings. The zero-order chi connectivity index (χ0) is 15.2. The number of carbonyl (C=O) groups excluding carboxylic acids is 1. The molecular formula is C16H24N2O3. The summed E-state index contributed by atoms with van der Waals surface area (Å²) in [5.74, 6) is 0.762. The average Bonchev–Trinajstić information content (AvgIpc) is 2.50. The van der Waals surface area contributed by atoms with Crippen molar-refractivity contribution in [3.63, 3.8) is 0 Å². The third kappa shape index (κ3) is 4.19. The van der Waals surface area contributed by atoms with Crippen LogP contribution in [-0.4, -0.2) is 49.8 Å². The summed E-state index contributed by atoms with van der Waals surface area (Å²) >= 11 is 0. The lowest BCUT2D eigenvalue weighted by Crippen LogP contribution is -2.46. The second-order valence-corrected chi connectivity index (χ2v) is 5.35. The summed E-state index contributed by atoms with van der Waals surface area (Å²) in [6, 6.07) is 5.97. The summed E-state index contributed by atoms with van der Waals surface area (Å²) in [7, 11) is 0. The first kappa shape index (κ1) is 15.8. The second-order valence-electron chi connectivity index (χ2n) is 5.35. The molecule has 0 bridgehead atoms. The third-order valence-corrected chi connectivity index (χ3v) is 3.60. The van der Waals surface area contributed by atoms with Crippen LogP contribution in [0.25, 0.3) is 0 Å². The maximum atomic E-state index is 12.4. The first-order valence-electron chi connectivity index (χ1n) is 7.44. The number of carbonyl (C=O) groups is 1. The van der Waals surface area contributed by atoms with Gasteiger partial charge in [-0.15, -0.1) is 0 Å². The molecule has 1 amide bonds. The molecule has 0 aromatic heterocycles. The topological polar surface area (TPSA) is 64.8 Å². The Balaban J connectivity index is 2.04. The lowest BCUT2D eigenvalue weighted by molar-refractivity contribution is -0.142. The molecule has 5 nitrogen and oxygen atoms in total. The number of amides is 1. The number of hydrogen-bond acceptors (Lipinski definition) is 4. The molecule has 1 aliphatic heterocycles. The number of rotatable bonds is 5. The average molecular weight is 292 g/mol. The molecule has 0 radical (unpaired) electrons. The van der Waals surface area contributed by atoms with Crippen molar-refractivity contribution in [2.45, 2.75) is 26.4 Å². The predicted octanol–water partition coefficient (Wildman–Crippen LogP) is 1.12. The van der Waals surface area contributed by atoms with Crippen LogP contribution < -0.4 is 10.5 Å². The van der Waals surface area contributed by atoms with Crippen LogP contribution in [0.15, 0.2) is 18.2 Å². The van der Waals surface area contributed by atoms with Gasteiger partial charge in [0.25, 0.3) is 5.91 Å². The minimum atomic E-state index is -0.498. The van der Waals surface area contributed by atoms with Gasteiger partial charge in [-0.3, -0.25) is 4.79 Å². The minimum Gasteiger partial charge on any atom is -0.481 e. The second kappa shape index (κ2) is 7.43. The van der Waals surface area contributed by atoms with Gasteiger partial charge in [-0.25, -0.2) is 0 Å². The van der Waals surface area contributed by atoms with Crippen LogP contribution in [0.3, 0.4) is 0 Å². The molecule has 2 rings (SSSR count). The molecule has 1 heterocycles. The summed E-state index contributed by atoms with van der Waals surface area (Å²) in [6.07, 6.45) is 0.248. The van der Waals surface area contributed by atoms with Crippen molar-refractivity contribution < 1.29 is 14.3 Å². The fraction of sp³-hybridized carbons (Fsp3) is 0.562. The van der Waals surface area contributed by atoms with E-state index in [0.717, 1.165) is 23.3 Å². The SMILES string of the molecule is Cc1ccc(OC(C)C(=O)N2CCOCC2)c(CCN)c1. The van der Waals surface area contributed by atoms with Crippen LogP contribution in [-0.2, 0) is 16.0 Å². The molecule has 1 saturated heterocycles. The van der Waals surface area contributed by atoms with Crippen LogP contribution in [0, 0.1) is 6.92 Å². The highest BCUT2D eigenvalue weighted by molar-refractivity contribution is 5.81. The van der Waals surface area contributed by atoms with Gasteiger partial charge in [-0.05, 0) is 38.4 Å². The first-order chi connectivity index (χ1) is 10.1. The smallest absolute Gasteiger partial charge is 0.263 e. The van der Waals surface area contributed by atoms with Gasteiger partial charge in [0.15, 0.2) is 6.10 Å². The molecule has 5 heteroatoms. The summed E-state index contributed by atoms with van der Waals surface area (Å²) in [5, 5.41) is 0. The van der Waals surface area contributed by atoms with E-state index < -0.39 is 6.10 Å². The number of ether oxygens (including phenoxy) is 2. The van der Waals surface area contributed by atoms with E-state index >= 15 is 0 Å². The number of hydrogen-bond donors (Lipinski definition) is 1. The fourth-order valence-electron chi connectivity index (χ4n) is 2.46. The van der Waals surface area contributed by atoms with Crippen molar-refractivity contribution >= 4 is 5.91 Å². The zero-order valence-corrected chi connectivity index (χ0v) is 12.8. The summed E-state index contributed by atoms with van der Waals surface area (Å²) in [6.45, 7) is 6.86. The van der Waals surface area contributed by atoms with Gasteiger partial charge in [0, 0.05) is 13.1 Å². The standard InChI is InChI=1S/C16H24N2O3/c1-12-3-4-15(14(11-12)5-6-17)21-13(2)16(19)18-7-9-20-10-8-18/h3-4,11,13H,5-10,17H2,1-2H3. The zero-order valence-electron chi connectivity index (χ0n) is 12.8. The fourth-order valence-corrected chi connectivity index (χ4v) is 2.46. The molecule has 0 spiro atoms. The highest BCUT2D eigenvalue weighted by atomic mass is 16.5. The predicted molar refractivity (Wildman–Crippen MR) is 81.4 cm³/mol. The van der Waals surface area contributed by atoms with Crippen molar-refractivity contribution in [2.75, 3.05) is 32.8 Å². The van der Waals surface area contributed by atoms with E-state index in [1.54, 1.807) is 11.8 Å². The van der Waals surface area contributed by atoms with Gasteiger partial charge in [0.1, 0.15) is 5.75 Å². The van der Waals surface area contributed by atoms with Gasteiger partial charge in [-0.2, -0.15) is 0 Å². The Morgan fingerprint density at radius 3 is 2.81 bits per heavy atom. The minimum absolute atomic E-state index is 0.0116. The van der Waals surface area contributed by atoms with Crippen LogP contribution in [0.2, 0.25) is 0 Å². The molecule has 2 N–H and O–H groups in total. The number of aryl methyl sites for hydroxylation is 1. The number of morpholine rings is 1. The van der Waals surface area contributed by atoms with Crippen LogP contribution >= 0.6 is 0 Å². The first-order valence-corrected chi connectivity index (χ1v) is 7.44. The van der Waals surface area contributed by atoms with E-state index in [0.29, 0.717) is 32.8 Å². The van der Waals surface area contributed by atoms with E-state index in [2.05, 4.69) is 6.07 Å². The molecule has 21 heavy (non-hydrogen) atoms. The number of nitrogens with two attached hydrogens (primary N) is 1. The van der Waals surface area contributed by atoms with Crippen molar-refractivity contribution in [3.8, 4) is 5.75 Å². The Kier molecular flexibility index (Phi) is 5.59. The van der Waals surface area contributed by atoms with Gasteiger partial charge in [-0.1, -0.05) is 17.7 Å². The highest BCUT2D eigenvalue weighted by Crippen LogP contribution is 2.22. The quantitative estimate of drug-likeness (QED) is 0.883. The molecule has 1 unspecified atom stereocenters. The van der Waals surface area contributed by atoms with Crippen LogP contribution in [0.4, 0.5) is 0 Å². The molecular weight excluding hydrogens is 268 g/mol. The van der Waals surface area contributed by atoms with E-state index in [4.69, 9.17) is 15.2 Å². The Bertz CT molecular complexity index is 484. The van der Waals surface area contributed by atoms with Crippen molar-refractivity contribution in [3.05, 3.63) is 29.3 Å². The van der Waals surface area contributed by atoms with Crippen LogP contribution in [0.5, 0.6) is 5.75 Å². The third-order valence-electron chi connectivity index (χ3n) is 3.60. The maximum Gasteiger partial charge on any atom is 0.263 e. The maximum absolute atomic E-state index is 12.4.